The largest absolute Gasteiger partial charge is 0.457 e. The average Bonchev–Trinajstić information content (AvgIpc) is 3.54. The highest BCUT2D eigenvalue weighted by Crippen LogP contribution is 2.95. The Morgan fingerprint density at radius 3 is 1.50 bits per heavy atom. The zero-order valence-corrected chi connectivity index (χ0v) is 16.5. The molecule has 150 valence electrons. The zero-order chi connectivity index (χ0) is 19.3. The van der Waals surface area contributed by atoms with Gasteiger partial charge < -0.3 is 14.9 Å². The first-order chi connectivity index (χ1) is 14.7. The van der Waals surface area contributed by atoms with Crippen molar-refractivity contribution in [1.29, 1.82) is 0 Å². The maximum atomic E-state index is 12.9. The number of aliphatic hydroxyl groups excluding tert-OH is 1. The summed E-state index contributed by atoms with van der Waals surface area (Å²) in [7, 11) is 0. The fourth-order valence-electron chi connectivity index (χ4n) is 12.5. The number of rotatable bonds is 1. The maximum absolute atomic E-state index is 12.9. The molecule has 0 radical (unpaired) electrons. The first-order valence-electron chi connectivity index (χ1n) is 12.0. The molecule has 1 aliphatic heterocycles. The quantitative estimate of drug-likeness (QED) is 0.776. The van der Waals surface area contributed by atoms with Crippen LogP contribution in [-0.4, -0.2) is 21.9 Å². The van der Waals surface area contributed by atoms with Crippen molar-refractivity contribution >= 4 is 0 Å². The lowest BCUT2D eigenvalue weighted by Gasteiger charge is -2.42. The molecule has 4 bridgehead atoms. The standard InChI is InChI=1S/C27H24O3/c28-26-21-13-14-18-20-16(22(14)26)15(21)19-17(13)24(18)27(29,25(19)20)23-9-5-1-3-7-11(9)30-12-8-4-2-6-10(12)23/h1-8,13-26,28-29H. The summed E-state index contributed by atoms with van der Waals surface area (Å²) in [6.07, 6.45) is -0.0207. The molecule has 1 heterocycles. The van der Waals surface area contributed by atoms with Crippen LogP contribution in [0.4, 0.5) is 0 Å². The van der Waals surface area contributed by atoms with Gasteiger partial charge in [0.2, 0.25) is 0 Å². The predicted octanol–water partition coefficient (Wildman–Crippen LogP) is 3.51. The normalized spacial score (nSPS) is 60.3. The van der Waals surface area contributed by atoms with Crippen molar-refractivity contribution in [2.45, 2.75) is 17.6 Å². The van der Waals surface area contributed by atoms with Crippen molar-refractivity contribution in [1.82, 2.24) is 0 Å². The van der Waals surface area contributed by atoms with Crippen LogP contribution in [0, 0.1) is 71.0 Å². The molecule has 2 aromatic rings. The first kappa shape index (κ1) is 15.0. The lowest BCUT2D eigenvalue weighted by atomic mass is 9.68. The van der Waals surface area contributed by atoms with Gasteiger partial charge in [0.25, 0.3) is 0 Å². The molecule has 8 fully saturated rings. The summed E-state index contributed by atoms with van der Waals surface area (Å²) < 4.78 is 6.30. The van der Waals surface area contributed by atoms with Crippen LogP contribution in [-0.2, 0) is 0 Å². The van der Waals surface area contributed by atoms with E-state index in [9.17, 15) is 10.2 Å². The van der Waals surface area contributed by atoms with Crippen molar-refractivity contribution < 1.29 is 14.9 Å². The number of aliphatic hydroxyl groups is 2. The second-order valence-electron chi connectivity index (χ2n) is 11.8. The van der Waals surface area contributed by atoms with E-state index in [1.807, 2.05) is 12.1 Å². The Hall–Kier alpha value is -1.84. The summed E-state index contributed by atoms with van der Waals surface area (Å²) in [5.41, 5.74) is 1.71. The fourth-order valence-corrected chi connectivity index (χ4v) is 12.5. The second kappa shape index (κ2) is 4.12. The van der Waals surface area contributed by atoms with Gasteiger partial charge in [0, 0.05) is 17.0 Å². The zero-order valence-electron chi connectivity index (χ0n) is 16.5. The smallest absolute Gasteiger partial charge is 0.131 e. The number of ether oxygens (including phenoxy) is 1. The number of hydrogen-bond acceptors (Lipinski definition) is 3. The lowest BCUT2D eigenvalue weighted by Crippen LogP contribution is -2.45. The molecule has 9 aliphatic rings. The van der Waals surface area contributed by atoms with Gasteiger partial charge in [-0.2, -0.15) is 0 Å². The molecule has 0 aromatic heterocycles. The topological polar surface area (TPSA) is 49.7 Å². The average molecular weight is 396 g/mol. The van der Waals surface area contributed by atoms with Crippen molar-refractivity contribution in [3.63, 3.8) is 0 Å². The van der Waals surface area contributed by atoms with E-state index in [-0.39, 0.29) is 12.0 Å². The Kier molecular flexibility index (Phi) is 2.07. The van der Waals surface area contributed by atoms with E-state index in [1.165, 1.54) is 11.1 Å². The molecular weight excluding hydrogens is 372 g/mol. The molecule has 0 spiro atoms. The van der Waals surface area contributed by atoms with Gasteiger partial charge in [0.1, 0.15) is 11.5 Å². The minimum atomic E-state index is -0.654. The molecule has 2 N–H and O–H groups in total. The molecule has 3 heteroatoms. The molecule has 0 saturated heterocycles. The summed E-state index contributed by atoms with van der Waals surface area (Å²) in [5.74, 6) is 9.34. The number of fused-ring (bicyclic) bond motifs is 2. The van der Waals surface area contributed by atoms with Crippen LogP contribution in [0.5, 0.6) is 11.5 Å². The van der Waals surface area contributed by atoms with Crippen LogP contribution in [0.1, 0.15) is 17.0 Å². The van der Waals surface area contributed by atoms with E-state index in [0.29, 0.717) is 71.0 Å². The molecule has 30 heavy (non-hydrogen) atoms. The monoisotopic (exact) mass is 396 g/mol. The molecular formula is C27H24O3. The maximum Gasteiger partial charge on any atom is 0.131 e. The molecule has 2 aromatic carbocycles. The molecule has 11 rings (SSSR count). The van der Waals surface area contributed by atoms with Crippen LogP contribution in [0.25, 0.3) is 0 Å². The van der Waals surface area contributed by atoms with Gasteiger partial charge in [-0.3, -0.25) is 0 Å². The number of hydrogen-bond donors (Lipinski definition) is 2. The van der Waals surface area contributed by atoms with Crippen LogP contribution < -0.4 is 4.74 Å². The minimum Gasteiger partial charge on any atom is -0.457 e. The van der Waals surface area contributed by atoms with Gasteiger partial charge in [-0.15, -0.1) is 0 Å². The van der Waals surface area contributed by atoms with E-state index in [0.717, 1.165) is 11.5 Å². The predicted molar refractivity (Wildman–Crippen MR) is 108 cm³/mol. The van der Waals surface area contributed by atoms with Crippen molar-refractivity contribution in [3.05, 3.63) is 59.7 Å². The van der Waals surface area contributed by atoms with E-state index in [1.54, 1.807) is 0 Å². The van der Waals surface area contributed by atoms with Crippen molar-refractivity contribution in [2.24, 2.45) is 71.0 Å². The van der Waals surface area contributed by atoms with Gasteiger partial charge in [-0.1, -0.05) is 36.4 Å². The van der Waals surface area contributed by atoms with Gasteiger partial charge in [0.15, 0.2) is 0 Å². The van der Waals surface area contributed by atoms with Crippen LogP contribution >= 0.6 is 0 Å². The summed E-state index contributed by atoms with van der Waals surface area (Å²) in [6.45, 7) is 0. The summed E-state index contributed by atoms with van der Waals surface area (Å²) in [4.78, 5) is 0. The fraction of sp³-hybridized carbons (Fsp3) is 0.556. The SMILES string of the molecule is OC1C2C3C4C1C1C2C2C3C3C4C1C2C3(O)C1c2ccccc2Oc2ccccc21. The van der Waals surface area contributed by atoms with Crippen molar-refractivity contribution in [2.75, 3.05) is 0 Å². The van der Waals surface area contributed by atoms with E-state index < -0.39 is 5.60 Å². The Morgan fingerprint density at radius 1 is 0.600 bits per heavy atom. The Morgan fingerprint density at radius 2 is 1.03 bits per heavy atom. The van der Waals surface area contributed by atoms with Gasteiger partial charge in [-0.25, -0.2) is 0 Å². The Labute approximate surface area is 175 Å². The third-order valence-corrected chi connectivity index (χ3v) is 12.0. The molecule has 8 atom stereocenters. The first-order valence-corrected chi connectivity index (χ1v) is 12.0. The highest BCUT2D eigenvalue weighted by atomic mass is 16.5. The third kappa shape index (κ3) is 1.11. The summed E-state index contributed by atoms with van der Waals surface area (Å²) >= 11 is 0. The molecule has 8 aliphatic carbocycles. The van der Waals surface area contributed by atoms with Crippen LogP contribution in [0.3, 0.4) is 0 Å². The summed E-state index contributed by atoms with van der Waals surface area (Å²) in [6, 6.07) is 16.8. The van der Waals surface area contributed by atoms with E-state index >= 15 is 0 Å². The van der Waals surface area contributed by atoms with Gasteiger partial charge in [0.05, 0.1) is 11.7 Å². The molecule has 3 nitrogen and oxygen atoms in total. The van der Waals surface area contributed by atoms with Gasteiger partial charge >= 0.3 is 0 Å². The lowest BCUT2D eigenvalue weighted by molar-refractivity contribution is -0.0427. The van der Waals surface area contributed by atoms with Gasteiger partial charge in [-0.05, 0) is 83.1 Å². The van der Waals surface area contributed by atoms with E-state index in [4.69, 9.17) is 4.74 Å². The van der Waals surface area contributed by atoms with Crippen LogP contribution in [0.15, 0.2) is 48.5 Å². The second-order valence-corrected chi connectivity index (χ2v) is 11.8. The third-order valence-electron chi connectivity index (χ3n) is 12.0. The number of para-hydroxylation sites is 2. The minimum absolute atomic E-state index is 0.0184. The molecule has 8 unspecified atom stereocenters. The Balaban J connectivity index is 1.24. The highest BCUT2D eigenvalue weighted by molar-refractivity contribution is 5.57. The highest BCUT2D eigenvalue weighted by Gasteiger charge is 2.95. The van der Waals surface area contributed by atoms with E-state index in [2.05, 4.69) is 36.4 Å². The number of benzene rings is 2. The van der Waals surface area contributed by atoms with Crippen LogP contribution in [0.2, 0.25) is 0 Å². The van der Waals surface area contributed by atoms with Crippen molar-refractivity contribution in [3.8, 4) is 11.5 Å². The molecule has 0 amide bonds. The summed E-state index contributed by atoms with van der Waals surface area (Å²) in [5, 5.41) is 23.9. The molecule has 8 saturated carbocycles. The Bertz CT molecular complexity index is 1070.